The van der Waals surface area contributed by atoms with Crippen molar-refractivity contribution >= 4 is 17.2 Å². The third-order valence-corrected chi connectivity index (χ3v) is 4.17. The van der Waals surface area contributed by atoms with Crippen molar-refractivity contribution in [3.05, 3.63) is 16.6 Å². The molecule has 0 aliphatic heterocycles. The molecule has 2 rings (SSSR count). The Morgan fingerprint density at radius 3 is 2.88 bits per heavy atom. The maximum absolute atomic E-state index is 12.1. The number of nitrogens with zero attached hydrogens (tertiary/aromatic N) is 2. The van der Waals surface area contributed by atoms with E-state index < -0.39 is 5.60 Å². The van der Waals surface area contributed by atoms with Crippen LogP contribution in [-0.4, -0.2) is 39.6 Å². The van der Waals surface area contributed by atoms with Crippen LogP contribution >= 0.6 is 11.3 Å². The second kappa shape index (κ2) is 5.14. The molecule has 1 fully saturated rings. The zero-order valence-corrected chi connectivity index (χ0v) is 10.9. The van der Waals surface area contributed by atoms with E-state index in [9.17, 15) is 9.90 Å². The van der Waals surface area contributed by atoms with Crippen LogP contribution in [0.5, 0.6) is 0 Å². The molecule has 0 unspecified atom stereocenters. The molecule has 1 aromatic heterocycles. The smallest absolute Gasteiger partial charge is 0.254 e. The lowest BCUT2D eigenvalue weighted by atomic mass is 9.79. The van der Waals surface area contributed by atoms with Gasteiger partial charge in [0, 0.05) is 31.1 Å². The lowest BCUT2D eigenvalue weighted by Gasteiger charge is -2.38. The first kappa shape index (κ1) is 12.5. The number of carbonyl (C=O) groups excluding carboxylic acids is 1. The van der Waals surface area contributed by atoms with E-state index in [1.54, 1.807) is 22.4 Å². The van der Waals surface area contributed by atoms with Crippen LogP contribution in [-0.2, 0) is 11.2 Å². The predicted molar refractivity (Wildman–Crippen MR) is 66.9 cm³/mol. The van der Waals surface area contributed by atoms with E-state index in [2.05, 4.69) is 4.98 Å². The molecule has 1 heterocycles. The second-order valence-electron chi connectivity index (χ2n) is 4.45. The first-order valence-corrected chi connectivity index (χ1v) is 6.94. The van der Waals surface area contributed by atoms with Crippen LogP contribution in [0.15, 0.2) is 11.6 Å². The largest absolute Gasteiger partial charge is 0.380 e. The van der Waals surface area contributed by atoms with Crippen LogP contribution in [0.4, 0.5) is 0 Å². The Hall–Kier alpha value is -0.940. The maximum atomic E-state index is 12.1. The summed E-state index contributed by atoms with van der Waals surface area (Å²) in [6.07, 6.45) is 4.72. The number of aliphatic hydroxyl groups is 1. The zero-order chi connectivity index (χ0) is 12.3. The molecule has 1 amide bonds. The van der Waals surface area contributed by atoms with Gasteiger partial charge < -0.3 is 10.0 Å². The number of aromatic nitrogens is 1. The van der Waals surface area contributed by atoms with Gasteiger partial charge in [0.1, 0.15) is 5.60 Å². The van der Waals surface area contributed by atoms with Gasteiger partial charge in [-0.05, 0) is 26.2 Å². The van der Waals surface area contributed by atoms with Gasteiger partial charge in [-0.3, -0.25) is 4.79 Å². The van der Waals surface area contributed by atoms with Crippen molar-refractivity contribution in [3.63, 3.8) is 0 Å². The summed E-state index contributed by atoms with van der Waals surface area (Å²) in [6.45, 7) is 3.24. The molecule has 17 heavy (non-hydrogen) atoms. The Bertz CT molecular complexity index is 374. The highest BCUT2D eigenvalue weighted by Gasteiger charge is 2.43. The Labute approximate surface area is 105 Å². The lowest BCUT2D eigenvalue weighted by Crippen LogP contribution is -2.53. The molecule has 1 aromatic rings. The molecule has 4 nitrogen and oxygen atoms in total. The van der Waals surface area contributed by atoms with Gasteiger partial charge in [-0.25, -0.2) is 4.98 Å². The van der Waals surface area contributed by atoms with Crippen molar-refractivity contribution in [1.29, 1.82) is 0 Å². The van der Waals surface area contributed by atoms with E-state index in [1.807, 2.05) is 12.3 Å². The molecule has 1 aliphatic rings. The van der Waals surface area contributed by atoms with E-state index in [0.717, 1.165) is 17.8 Å². The van der Waals surface area contributed by atoms with Crippen molar-refractivity contribution in [3.8, 4) is 0 Å². The number of rotatable bonds is 5. The van der Waals surface area contributed by atoms with Gasteiger partial charge in [0.25, 0.3) is 5.91 Å². The number of hydrogen-bond donors (Lipinski definition) is 1. The molecular formula is C12H18N2O2S. The fourth-order valence-corrected chi connectivity index (χ4v) is 2.64. The van der Waals surface area contributed by atoms with Crippen LogP contribution < -0.4 is 0 Å². The Morgan fingerprint density at radius 1 is 1.65 bits per heavy atom. The second-order valence-corrected chi connectivity index (χ2v) is 5.42. The highest BCUT2D eigenvalue weighted by atomic mass is 32.1. The zero-order valence-electron chi connectivity index (χ0n) is 10.1. The molecule has 1 N–H and O–H groups in total. The van der Waals surface area contributed by atoms with E-state index in [4.69, 9.17) is 0 Å². The summed E-state index contributed by atoms with van der Waals surface area (Å²) in [5, 5.41) is 13.0. The van der Waals surface area contributed by atoms with Gasteiger partial charge in [-0.15, -0.1) is 11.3 Å². The fourth-order valence-electron chi connectivity index (χ4n) is 2.03. The number of thiazole rings is 1. The molecule has 0 aromatic carbocycles. The summed E-state index contributed by atoms with van der Waals surface area (Å²) >= 11 is 1.60. The number of hydrogen-bond acceptors (Lipinski definition) is 4. The van der Waals surface area contributed by atoms with E-state index in [0.29, 0.717) is 25.9 Å². The molecule has 0 saturated heterocycles. The summed E-state index contributed by atoms with van der Waals surface area (Å²) in [5.41, 5.74) is -1.07. The molecule has 5 heteroatoms. The third kappa shape index (κ3) is 2.66. The van der Waals surface area contributed by atoms with Crippen LogP contribution in [0.1, 0.15) is 31.2 Å². The SMILES string of the molecule is CCN(CCc1nccs1)C(=O)C1(O)CCC1. The molecular weight excluding hydrogens is 236 g/mol. The fraction of sp³-hybridized carbons (Fsp3) is 0.667. The third-order valence-electron chi connectivity index (χ3n) is 3.33. The normalized spacial score (nSPS) is 17.5. The minimum absolute atomic E-state index is 0.109. The van der Waals surface area contributed by atoms with Gasteiger partial charge in [-0.1, -0.05) is 0 Å². The molecule has 0 spiro atoms. The first-order valence-electron chi connectivity index (χ1n) is 6.06. The molecule has 1 aliphatic carbocycles. The average molecular weight is 254 g/mol. The molecule has 94 valence electrons. The highest BCUT2D eigenvalue weighted by molar-refractivity contribution is 7.09. The van der Waals surface area contributed by atoms with E-state index in [-0.39, 0.29) is 5.91 Å². The van der Waals surface area contributed by atoms with Crippen molar-refractivity contribution in [2.24, 2.45) is 0 Å². The van der Waals surface area contributed by atoms with Crippen molar-refractivity contribution in [2.75, 3.05) is 13.1 Å². The minimum Gasteiger partial charge on any atom is -0.380 e. The van der Waals surface area contributed by atoms with Crippen molar-refractivity contribution < 1.29 is 9.90 Å². The van der Waals surface area contributed by atoms with Crippen LogP contribution in [0.3, 0.4) is 0 Å². The summed E-state index contributed by atoms with van der Waals surface area (Å²) in [6, 6.07) is 0. The van der Waals surface area contributed by atoms with Gasteiger partial charge in [0.15, 0.2) is 0 Å². The summed E-state index contributed by atoms with van der Waals surface area (Å²) in [5.74, 6) is -0.109. The van der Waals surface area contributed by atoms with Gasteiger partial charge >= 0.3 is 0 Å². The van der Waals surface area contributed by atoms with E-state index >= 15 is 0 Å². The predicted octanol–water partition coefficient (Wildman–Crippen LogP) is 1.45. The number of carbonyl (C=O) groups is 1. The van der Waals surface area contributed by atoms with Gasteiger partial charge in [0.2, 0.25) is 0 Å². The maximum Gasteiger partial charge on any atom is 0.254 e. The van der Waals surface area contributed by atoms with Crippen LogP contribution in [0.2, 0.25) is 0 Å². The monoisotopic (exact) mass is 254 g/mol. The van der Waals surface area contributed by atoms with Crippen LogP contribution in [0.25, 0.3) is 0 Å². The Morgan fingerprint density at radius 2 is 2.41 bits per heavy atom. The summed E-state index contributed by atoms with van der Waals surface area (Å²) < 4.78 is 0. The summed E-state index contributed by atoms with van der Waals surface area (Å²) in [7, 11) is 0. The Balaban J connectivity index is 1.90. The molecule has 0 bridgehead atoms. The van der Waals surface area contributed by atoms with Gasteiger partial charge in [-0.2, -0.15) is 0 Å². The first-order chi connectivity index (χ1) is 8.15. The molecule has 0 radical (unpaired) electrons. The number of amides is 1. The quantitative estimate of drug-likeness (QED) is 0.865. The average Bonchev–Trinajstić information content (AvgIpc) is 2.79. The highest BCUT2D eigenvalue weighted by Crippen LogP contribution is 2.33. The summed E-state index contributed by atoms with van der Waals surface area (Å²) in [4.78, 5) is 18.0. The molecule has 1 saturated carbocycles. The van der Waals surface area contributed by atoms with Gasteiger partial charge in [0.05, 0.1) is 5.01 Å². The standard InChI is InChI=1S/C12H18N2O2S/c1-2-14(8-4-10-13-7-9-17-10)11(15)12(16)5-3-6-12/h7,9,16H,2-6,8H2,1H3. The van der Waals surface area contributed by atoms with Crippen molar-refractivity contribution in [2.45, 2.75) is 38.2 Å². The van der Waals surface area contributed by atoms with E-state index in [1.165, 1.54) is 0 Å². The number of likely N-dealkylation sites (N-methyl/N-ethyl adjacent to an activating group) is 1. The minimum atomic E-state index is -1.07. The van der Waals surface area contributed by atoms with Crippen molar-refractivity contribution in [1.82, 2.24) is 9.88 Å². The Kier molecular flexibility index (Phi) is 3.79. The molecule has 0 atom stereocenters. The lowest BCUT2D eigenvalue weighted by molar-refractivity contribution is -0.160. The topological polar surface area (TPSA) is 53.4 Å². The van der Waals surface area contributed by atoms with Crippen LogP contribution in [0, 0.1) is 0 Å².